The van der Waals surface area contributed by atoms with Gasteiger partial charge in [-0.15, -0.1) is 21.5 Å². The monoisotopic (exact) mass is 359 g/mol. The Morgan fingerprint density at radius 1 is 1.04 bits per heavy atom. The molecule has 7 nitrogen and oxygen atoms in total. The van der Waals surface area contributed by atoms with E-state index in [0.717, 1.165) is 33.7 Å². The van der Waals surface area contributed by atoms with Crippen molar-refractivity contribution in [2.24, 2.45) is 0 Å². The molecule has 5 aromatic rings. The highest BCUT2D eigenvalue weighted by Crippen LogP contribution is 2.26. The second kappa shape index (κ2) is 6.16. The minimum absolute atomic E-state index is 0.591. The highest BCUT2D eigenvalue weighted by atomic mass is 32.1. The molecule has 0 aliphatic heterocycles. The first-order valence-electron chi connectivity index (χ1n) is 8.05. The van der Waals surface area contributed by atoms with E-state index in [4.69, 9.17) is 4.98 Å². The van der Waals surface area contributed by atoms with Gasteiger partial charge in [0.15, 0.2) is 5.82 Å². The van der Waals surface area contributed by atoms with Gasteiger partial charge < -0.3 is 4.57 Å². The predicted molar refractivity (Wildman–Crippen MR) is 99.6 cm³/mol. The van der Waals surface area contributed by atoms with Crippen molar-refractivity contribution in [3.63, 3.8) is 0 Å². The van der Waals surface area contributed by atoms with Gasteiger partial charge in [0, 0.05) is 17.5 Å². The Morgan fingerprint density at radius 2 is 1.92 bits per heavy atom. The largest absolute Gasteiger partial charge is 0.318 e. The van der Waals surface area contributed by atoms with Crippen molar-refractivity contribution in [2.75, 3.05) is 0 Å². The number of aromatic nitrogens is 7. The van der Waals surface area contributed by atoms with Crippen LogP contribution in [0.3, 0.4) is 0 Å². The summed E-state index contributed by atoms with van der Waals surface area (Å²) in [5.41, 5.74) is 6.89. The molecular weight excluding hydrogens is 346 g/mol. The lowest BCUT2D eigenvalue weighted by atomic mass is 10.1. The second-order valence-corrected chi connectivity index (χ2v) is 6.53. The predicted octanol–water partition coefficient (Wildman–Crippen LogP) is 3.39. The van der Waals surface area contributed by atoms with E-state index in [-0.39, 0.29) is 0 Å². The number of rotatable bonds is 4. The number of nitrogens with one attached hydrogen (secondary N) is 1. The molecule has 0 bridgehead atoms. The second-order valence-electron chi connectivity index (χ2n) is 5.82. The number of H-pyrrole nitrogens is 1. The van der Waals surface area contributed by atoms with Crippen molar-refractivity contribution in [3.05, 3.63) is 65.0 Å². The molecule has 0 fully saturated rings. The van der Waals surface area contributed by atoms with Crippen LogP contribution in [0.25, 0.3) is 33.9 Å². The van der Waals surface area contributed by atoms with E-state index in [1.54, 1.807) is 11.3 Å². The summed E-state index contributed by atoms with van der Waals surface area (Å²) in [6.45, 7) is 0.708. The Morgan fingerprint density at radius 3 is 2.69 bits per heavy atom. The summed E-state index contributed by atoms with van der Waals surface area (Å²) < 4.78 is 2.20. The van der Waals surface area contributed by atoms with Crippen LogP contribution in [0.4, 0.5) is 0 Å². The molecule has 2 aromatic carbocycles. The number of tetrazole rings is 1. The van der Waals surface area contributed by atoms with Crippen LogP contribution in [-0.4, -0.2) is 35.2 Å². The molecule has 0 aliphatic rings. The molecule has 0 unspecified atom stereocenters. The average Bonchev–Trinajstić information content (AvgIpc) is 3.44. The third-order valence-corrected chi connectivity index (χ3v) is 4.80. The minimum atomic E-state index is 0.591. The smallest absolute Gasteiger partial charge is 0.204 e. The molecule has 0 aliphatic carbocycles. The zero-order valence-electron chi connectivity index (χ0n) is 13.6. The van der Waals surface area contributed by atoms with Crippen LogP contribution >= 0.6 is 11.3 Å². The number of hydrogen-bond donors (Lipinski definition) is 1. The summed E-state index contributed by atoms with van der Waals surface area (Å²) in [6.07, 6.45) is 0. The number of nitrogens with zero attached hydrogens (tertiary/aromatic N) is 6. The van der Waals surface area contributed by atoms with Crippen LogP contribution < -0.4 is 0 Å². The van der Waals surface area contributed by atoms with E-state index in [1.165, 1.54) is 0 Å². The maximum Gasteiger partial charge on any atom is 0.204 e. The van der Waals surface area contributed by atoms with Gasteiger partial charge in [-0.25, -0.2) is 9.97 Å². The van der Waals surface area contributed by atoms with Crippen molar-refractivity contribution in [1.29, 1.82) is 0 Å². The summed E-state index contributed by atoms with van der Waals surface area (Å²) in [7, 11) is 0. The lowest BCUT2D eigenvalue weighted by molar-refractivity contribution is 0.831. The fourth-order valence-corrected chi connectivity index (χ4v) is 3.51. The maximum absolute atomic E-state index is 4.78. The van der Waals surface area contributed by atoms with Gasteiger partial charge in [-0.3, -0.25) is 0 Å². The Balaban J connectivity index is 1.56. The summed E-state index contributed by atoms with van der Waals surface area (Å²) >= 11 is 1.57. The Bertz CT molecular complexity index is 1140. The van der Waals surface area contributed by atoms with Gasteiger partial charge in [0.2, 0.25) is 5.82 Å². The lowest BCUT2D eigenvalue weighted by Gasteiger charge is -2.08. The number of hydrogen-bond acceptors (Lipinski definition) is 6. The van der Waals surface area contributed by atoms with Gasteiger partial charge in [-0.2, -0.15) is 5.21 Å². The number of para-hydroxylation sites is 2. The molecule has 0 radical (unpaired) electrons. The van der Waals surface area contributed by atoms with Crippen LogP contribution in [0.1, 0.15) is 5.56 Å². The molecule has 26 heavy (non-hydrogen) atoms. The van der Waals surface area contributed by atoms with Crippen molar-refractivity contribution >= 4 is 22.4 Å². The van der Waals surface area contributed by atoms with Crippen LogP contribution in [0.15, 0.2) is 59.4 Å². The lowest BCUT2D eigenvalue weighted by Crippen LogP contribution is -2.02. The van der Waals surface area contributed by atoms with Crippen molar-refractivity contribution < 1.29 is 0 Å². The zero-order chi connectivity index (χ0) is 17.3. The van der Waals surface area contributed by atoms with Gasteiger partial charge in [0.1, 0.15) is 5.69 Å². The van der Waals surface area contributed by atoms with E-state index in [1.807, 2.05) is 41.2 Å². The molecular formula is C18H13N7S. The van der Waals surface area contributed by atoms with Crippen molar-refractivity contribution in [2.45, 2.75) is 6.54 Å². The number of benzene rings is 2. The standard InChI is InChI=1S/C18H13N7S/c1-2-4-16-14(3-1)20-18(15-10-26-11-19-15)25(16)9-12-5-7-13(8-6-12)17-21-23-24-22-17/h1-8,10-11H,9H2,(H,21,22,23,24). The van der Waals surface area contributed by atoms with Gasteiger partial charge in [0.05, 0.1) is 16.5 Å². The minimum Gasteiger partial charge on any atom is -0.318 e. The van der Waals surface area contributed by atoms with Gasteiger partial charge in [-0.05, 0) is 22.9 Å². The summed E-state index contributed by atoms with van der Waals surface area (Å²) in [6, 6.07) is 16.3. The highest BCUT2D eigenvalue weighted by molar-refractivity contribution is 7.07. The first-order chi connectivity index (χ1) is 12.9. The molecule has 0 spiro atoms. The van der Waals surface area contributed by atoms with E-state index >= 15 is 0 Å². The average molecular weight is 359 g/mol. The van der Waals surface area contributed by atoms with E-state index in [9.17, 15) is 0 Å². The highest BCUT2D eigenvalue weighted by Gasteiger charge is 2.14. The summed E-state index contributed by atoms with van der Waals surface area (Å²) in [4.78, 5) is 9.22. The molecule has 1 N–H and O–H groups in total. The third-order valence-electron chi connectivity index (χ3n) is 4.21. The molecule has 126 valence electrons. The van der Waals surface area contributed by atoms with E-state index in [0.29, 0.717) is 12.4 Å². The SMILES string of the molecule is c1ccc2c(c1)nc(-c1cscn1)n2Cc1ccc(-c2nn[nH]n2)cc1. The van der Waals surface area contributed by atoms with Crippen LogP contribution in [-0.2, 0) is 6.54 Å². The van der Waals surface area contributed by atoms with Crippen molar-refractivity contribution in [3.8, 4) is 22.9 Å². The summed E-state index contributed by atoms with van der Waals surface area (Å²) in [5.74, 6) is 1.47. The molecule has 8 heteroatoms. The molecule has 0 atom stereocenters. The Labute approximate surface area is 152 Å². The number of thiazole rings is 1. The van der Waals surface area contributed by atoms with Crippen LogP contribution in [0.2, 0.25) is 0 Å². The molecule has 3 heterocycles. The first kappa shape index (κ1) is 14.9. The van der Waals surface area contributed by atoms with Gasteiger partial charge in [0.25, 0.3) is 0 Å². The molecule has 3 aromatic heterocycles. The van der Waals surface area contributed by atoms with Crippen molar-refractivity contribution in [1.82, 2.24) is 35.2 Å². The first-order valence-corrected chi connectivity index (χ1v) is 8.99. The number of aromatic amines is 1. The summed E-state index contributed by atoms with van der Waals surface area (Å²) in [5, 5.41) is 16.1. The fraction of sp³-hybridized carbons (Fsp3) is 0.0556. The topological polar surface area (TPSA) is 85.2 Å². The van der Waals surface area contributed by atoms with Gasteiger partial charge in [-0.1, -0.05) is 36.4 Å². The molecule has 5 rings (SSSR count). The molecule has 0 saturated heterocycles. The quantitative estimate of drug-likeness (QED) is 0.532. The Kier molecular flexibility index (Phi) is 3.53. The normalized spacial score (nSPS) is 11.2. The van der Waals surface area contributed by atoms with Crippen LogP contribution in [0, 0.1) is 0 Å². The van der Waals surface area contributed by atoms with E-state index in [2.05, 4.69) is 48.4 Å². The Hall–Kier alpha value is -3.39. The maximum atomic E-state index is 4.78. The molecule has 0 amide bonds. The van der Waals surface area contributed by atoms with E-state index < -0.39 is 0 Å². The third kappa shape index (κ3) is 2.56. The zero-order valence-corrected chi connectivity index (χ0v) is 14.4. The number of imidazole rings is 1. The number of fused-ring (bicyclic) bond motifs is 1. The fourth-order valence-electron chi connectivity index (χ4n) is 2.98. The molecule has 0 saturated carbocycles. The van der Waals surface area contributed by atoms with Gasteiger partial charge >= 0.3 is 0 Å². The van der Waals surface area contributed by atoms with Crippen LogP contribution in [0.5, 0.6) is 0 Å².